The van der Waals surface area contributed by atoms with E-state index in [1.807, 2.05) is 0 Å². The lowest BCUT2D eigenvalue weighted by molar-refractivity contribution is 0.102. The molecule has 0 radical (unpaired) electrons. The zero-order valence-corrected chi connectivity index (χ0v) is 16.7. The summed E-state index contributed by atoms with van der Waals surface area (Å²) in [6.07, 6.45) is 0.811. The van der Waals surface area contributed by atoms with Crippen molar-refractivity contribution in [3.05, 3.63) is 95.6 Å². The molecule has 3 aromatic rings. The fourth-order valence-electron chi connectivity index (χ4n) is 3.54. The Morgan fingerprint density at radius 3 is 2.35 bits per heavy atom. The number of nitrogens with one attached hydrogen (secondary N) is 1. The predicted octanol–water partition coefficient (Wildman–Crippen LogP) is 5.05. The fourth-order valence-corrected chi connectivity index (χ4v) is 3.54. The molecule has 7 heteroatoms. The monoisotopic (exact) mass is 421 g/mol. The van der Waals surface area contributed by atoms with Gasteiger partial charge < -0.3 is 10.2 Å². The molecule has 0 atom stereocenters. The minimum absolute atomic E-state index is 0.118. The smallest absolute Gasteiger partial charge is 0.322 e. The molecule has 5 nitrogen and oxygen atoms in total. The van der Waals surface area contributed by atoms with Crippen molar-refractivity contribution in [3.63, 3.8) is 0 Å². The van der Waals surface area contributed by atoms with Crippen LogP contribution in [0.3, 0.4) is 0 Å². The minimum Gasteiger partial charge on any atom is -0.322 e. The van der Waals surface area contributed by atoms with Crippen molar-refractivity contribution >= 4 is 23.3 Å². The number of hydrogen-bond acceptors (Lipinski definition) is 2. The molecule has 0 spiro atoms. The average molecular weight is 421 g/mol. The van der Waals surface area contributed by atoms with Crippen LogP contribution in [0.5, 0.6) is 0 Å². The van der Waals surface area contributed by atoms with Gasteiger partial charge in [0.2, 0.25) is 0 Å². The molecular weight excluding hydrogens is 400 g/mol. The third-order valence-electron chi connectivity index (χ3n) is 5.12. The number of benzene rings is 3. The standard InChI is InChI=1S/C24H21F2N3O2/c25-19-7-5-17(6-8-19)16-28-13-2-14-29(24(28)31)22-11-9-21(10-12-22)27-23(30)18-3-1-4-20(26)15-18/h1,3-12,15H,2,13-14,16H2,(H,27,30). The second kappa shape index (κ2) is 8.95. The maximum atomic E-state index is 13.3. The summed E-state index contributed by atoms with van der Waals surface area (Å²) in [5.41, 5.74) is 2.36. The maximum absolute atomic E-state index is 13.3. The van der Waals surface area contributed by atoms with Crippen LogP contribution in [-0.2, 0) is 6.54 Å². The van der Waals surface area contributed by atoms with Crippen molar-refractivity contribution in [2.45, 2.75) is 13.0 Å². The molecule has 0 bridgehead atoms. The Hall–Kier alpha value is -3.74. The third-order valence-corrected chi connectivity index (χ3v) is 5.12. The molecule has 0 saturated carbocycles. The van der Waals surface area contributed by atoms with E-state index >= 15 is 0 Å². The molecule has 158 valence electrons. The van der Waals surface area contributed by atoms with Crippen LogP contribution in [0, 0.1) is 11.6 Å². The lowest BCUT2D eigenvalue weighted by Gasteiger charge is -2.35. The van der Waals surface area contributed by atoms with Crippen LogP contribution in [0.25, 0.3) is 0 Å². The Labute approximate surface area is 178 Å². The third kappa shape index (κ3) is 4.88. The zero-order chi connectivity index (χ0) is 21.8. The van der Waals surface area contributed by atoms with E-state index in [1.54, 1.807) is 46.2 Å². The van der Waals surface area contributed by atoms with Crippen LogP contribution in [0.1, 0.15) is 22.3 Å². The van der Waals surface area contributed by atoms with E-state index in [9.17, 15) is 18.4 Å². The molecule has 1 fully saturated rings. The van der Waals surface area contributed by atoms with E-state index in [-0.39, 0.29) is 17.4 Å². The van der Waals surface area contributed by atoms with E-state index in [0.717, 1.165) is 17.7 Å². The lowest BCUT2D eigenvalue weighted by Crippen LogP contribution is -2.49. The Morgan fingerprint density at radius 2 is 1.65 bits per heavy atom. The normalized spacial score (nSPS) is 13.9. The summed E-state index contributed by atoms with van der Waals surface area (Å²) in [6.45, 7) is 1.64. The van der Waals surface area contributed by atoms with Crippen LogP contribution < -0.4 is 10.2 Å². The summed E-state index contributed by atoms with van der Waals surface area (Å²) >= 11 is 0. The number of carbonyl (C=O) groups is 2. The molecule has 0 aliphatic carbocycles. The molecule has 1 aliphatic heterocycles. The zero-order valence-electron chi connectivity index (χ0n) is 16.7. The molecule has 0 aromatic heterocycles. The van der Waals surface area contributed by atoms with Crippen LogP contribution in [0.2, 0.25) is 0 Å². The van der Waals surface area contributed by atoms with Crippen LogP contribution in [-0.4, -0.2) is 29.9 Å². The Morgan fingerprint density at radius 1 is 0.903 bits per heavy atom. The molecule has 1 heterocycles. The first-order valence-corrected chi connectivity index (χ1v) is 9.97. The Bertz CT molecular complexity index is 1080. The molecular formula is C24H21F2N3O2. The predicted molar refractivity (Wildman–Crippen MR) is 115 cm³/mol. The first kappa shape index (κ1) is 20.5. The second-order valence-electron chi connectivity index (χ2n) is 7.35. The number of amides is 3. The average Bonchev–Trinajstić information content (AvgIpc) is 2.77. The van der Waals surface area contributed by atoms with E-state index < -0.39 is 11.7 Å². The van der Waals surface area contributed by atoms with Gasteiger partial charge in [-0.1, -0.05) is 18.2 Å². The number of carbonyl (C=O) groups excluding carboxylic acids is 2. The van der Waals surface area contributed by atoms with Gasteiger partial charge in [0, 0.05) is 36.6 Å². The largest absolute Gasteiger partial charge is 0.324 e. The minimum atomic E-state index is -0.475. The van der Waals surface area contributed by atoms with Gasteiger partial charge >= 0.3 is 6.03 Å². The molecule has 3 amide bonds. The number of nitrogens with zero attached hydrogens (tertiary/aromatic N) is 2. The van der Waals surface area contributed by atoms with Crippen molar-refractivity contribution in [1.29, 1.82) is 0 Å². The highest BCUT2D eigenvalue weighted by Gasteiger charge is 2.26. The number of hydrogen-bond donors (Lipinski definition) is 1. The van der Waals surface area contributed by atoms with Gasteiger partial charge in [0.1, 0.15) is 11.6 Å². The van der Waals surface area contributed by atoms with Gasteiger partial charge in [-0.25, -0.2) is 13.6 Å². The summed E-state index contributed by atoms with van der Waals surface area (Å²) in [5.74, 6) is -1.19. The van der Waals surface area contributed by atoms with Crippen LogP contribution in [0.4, 0.5) is 25.0 Å². The van der Waals surface area contributed by atoms with Crippen molar-refractivity contribution < 1.29 is 18.4 Å². The van der Waals surface area contributed by atoms with Gasteiger partial charge in [0.15, 0.2) is 0 Å². The van der Waals surface area contributed by atoms with Gasteiger partial charge in [0.05, 0.1) is 0 Å². The maximum Gasteiger partial charge on any atom is 0.324 e. The molecule has 1 aliphatic rings. The number of halogens is 2. The molecule has 1 saturated heterocycles. The van der Waals surface area contributed by atoms with E-state index in [4.69, 9.17) is 0 Å². The number of anilines is 2. The van der Waals surface area contributed by atoms with Gasteiger partial charge in [-0.2, -0.15) is 0 Å². The highest BCUT2D eigenvalue weighted by atomic mass is 19.1. The van der Waals surface area contributed by atoms with Crippen molar-refractivity contribution in [1.82, 2.24) is 4.90 Å². The molecule has 31 heavy (non-hydrogen) atoms. The van der Waals surface area contributed by atoms with Gasteiger partial charge in [0.25, 0.3) is 5.91 Å². The summed E-state index contributed by atoms with van der Waals surface area (Å²) < 4.78 is 26.4. The first-order chi connectivity index (χ1) is 15.0. The Balaban J connectivity index is 1.42. The molecule has 4 rings (SSSR count). The fraction of sp³-hybridized carbons (Fsp3) is 0.167. The summed E-state index contributed by atoms with van der Waals surface area (Å²) in [7, 11) is 0. The number of rotatable bonds is 5. The lowest BCUT2D eigenvalue weighted by atomic mass is 10.1. The van der Waals surface area contributed by atoms with Crippen molar-refractivity contribution in [2.24, 2.45) is 0 Å². The second-order valence-corrected chi connectivity index (χ2v) is 7.35. The van der Waals surface area contributed by atoms with Gasteiger partial charge in [-0.3, -0.25) is 9.69 Å². The van der Waals surface area contributed by atoms with E-state index in [1.165, 1.54) is 36.4 Å². The summed E-state index contributed by atoms with van der Waals surface area (Å²) in [5, 5.41) is 2.72. The number of urea groups is 1. The van der Waals surface area contributed by atoms with Crippen LogP contribution >= 0.6 is 0 Å². The van der Waals surface area contributed by atoms with Crippen LogP contribution in [0.15, 0.2) is 72.8 Å². The highest BCUT2D eigenvalue weighted by Crippen LogP contribution is 2.23. The van der Waals surface area contributed by atoms with E-state index in [0.29, 0.717) is 25.3 Å². The highest BCUT2D eigenvalue weighted by molar-refractivity contribution is 6.04. The summed E-state index contributed by atoms with van der Waals surface area (Å²) in [6, 6.07) is 18.4. The van der Waals surface area contributed by atoms with Crippen molar-refractivity contribution in [3.8, 4) is 0 Å². The summed E-state index contributed by atoms with van der Waals surface area (Å²) in [4.78, 5) is 28.6. The first-order valence-electron chi connectivity index (χ1n) is 9.97. The topological polar surface area (TPSA) is 52.7 Å². The Kier molecular flexibility index (Phi) is 5.93. The quantitative estimate of drug-likeness (QED) is 0.627. The molecule has 3 aromatic carbocycles. The molecule has 1 N–H and O–H groups in total. The van der Waals surface area contributed by atoms with Crippen molar-refractivity contribution in [2.75, 3.05) is 23.3 Å². The van der Waals surface area contributed by atoms with Gasteiger partial charge in [-0.15, -0.1) is 0 Å². The van der Waals surface area contributed by atoms with Gasteiger partial charge in [-0.05, 0) is 66.6 Å². The SMILES string of the molecule is O=C(Nc1ccc(N2CCCN(Cc3ccc(F)cc3)C2=O)cc1)c1cccc(F)c1. The van der Waals surface area contributed by atoms with E-state index in [2.05, 4.69) is 5.32 Å². The molecule has 0 unspecified atom stereocenters.